The van der Waals surface area contributed by atoms with Crippen LogP contribution in [0.2, 0.25) is 0 Å². The number of fused-ring (bicyclic) bond motifs is 1. The van der Waals surface area contributed by atoms with E-state index in [1.54, 1.807) is 0 Å². The lowest BCUT2D eigenvalue weighted by molar-refractivity contribution is -0.142. The molecule has 0 saturated carbocycles. The van der Waals surface area contributed by atoms with Crippen LogP contribution < -0.4 is 5.32 Å². The van der Waals surface area contributed by atoms with Gasteiger partial charge in [-0.1, -0.05) is 38.1 Å². The number of nitrogens with zero attached hydrogens (tertiary/aromatic N) is 1. The molecule has 114 valence electrons. The molecule has 0 bridgehead atoms. The van der Waals surface area contributed by atoms with Crippen molar-refractivity contribution in [1.82, 2.24) is 10.2 Å². The maximum Gasteiger partial charge on any atom is 0.326 e. The fourth-order valence-electron chi connectivity index (χ4n) is 2.40. The average Bonchev–Trinajstić information content (AvgIpc) is 2.45. The predicted molar refractivity (Wildman–Crippen MR) is 79.9 cm³/mol. The standard InChI is InChI=1S/C16H22N2O3/c1-10(2)11(3)17-16(21)18-9-13-7-5-4-6-12(13)8-14(18)15(19)20/h4-7,10-11,14H,8-9H2,1-3H3,(H,17,21)(H,19,20). The molecule has 1 aromatic carbocycles. The lowest BCUT2D eigenvalue weighted by atomic mass is 9.94. The van der Waals surface area contributed by atoms with Gasteiger partial charge in [-0.3, -0.25) is 0 Å². The molecule has 2 amide bonds. The summed E-state index contributed by atoms with van der Waals surface area (Å²) in [6, 6.07) is 6.57. The number of benzene rings is 1. The number of urea groups is 1. The van der Waals surface area contributed by atoms with Gasteiger partial charge in [0.2, 0.25) is 0 Å². The fourth-order valence-corrected chi connectivity index (χ4v) is 2.40. The second kappa shape index (κ2) is 6.16. The molecule has 0 fully saturated rings. The van der Waals surface area contributed by atoms with Crippen LogP contribution >= 0.6 is 0 Å². The number of carbonyl (C=O) groups is 2. The second-order valence-electron chi connectivity index (χ2n) is 5.94. The Kier molecular flexibility index (Phi) is 4.50. The van der Waals surface area contributed by atoms with Crippen molar-refractivity contribution in [3.05, 3.63) is 35.4 Å². The Morgan fingerprint density at radius 2 is 1.86 bits per heavy atom. The molecule has 5 nitrogen and oxygen atoms in total. The molecule has 0 radical (unpaired) electrons. The lowest BCUT2D eigenvalue weighted by Crippen LogP contribution is -2.54. The van der Waals surface area contributed by atoms with Crippen LogP contribution in [0.4, 0.5) is 4.79 Å². The van der Waals surface area contributed by atoms with E-state index in [1.807, 2.05) is 45.0 Å². The molecule has 2 rings (SSSR count). The van der Waals surface area contributed by atoms with E-state index >= 15 is 0 Å². The Bertz CT molecular complexity index is 542. The van der Waals surface area contributed by atoms with E-state index in [-0.39, 0.29) is 12.1 Å². The molecule has 2 atom stereocenters. The number of hydrogen-bond acceptors (Lipinski definition) is 2. The van der Waals surface area contributed by atoms with E-state index in [2.05, 4.69) is 5.32 Å². The number of carboxylic acids is 1. The number of rotatable bonds is 3. The Hall–Kier alpha value is -2.04. The molecular formula is C16H22N2O3. The minimum atomic E-state index is -0.961. The molecule has 1 aliphatic rings. The quantitative estimate of drug-likeness (QED) is 0.897. The van der Waals surface area contributed by atoms with Gasteiger partial charge in [0.1, 0.15) is 6.04 Å². The summed E-state index contributed by atoms with van der Waals surface area (Å²) < 4.78 is 0. The number of carbonyl (C=O) groups excluding carboxylic acids is 1. The zero-order valence-electron chi connectivity index (χ0n) is 12.7. The summed E-state index contributed by atoms with van der Waals surface area (Å²) in [6.45, 7) is 6.30. The normalized spacial score (nSPS) is 19.0. The number of aliphatic carboxylic acids is 1. The fraction of sp³-hybridized carbons (Fsp3) is 0.500. The van der Waals surface area contributed by atoms with Gasteiger partial charge in [-0.15, -0.1) is 0 Å². The molecule has 2 unspecified atom stereocenters. The van der Waals surface area contributed by atoms with Gasteiger partial charge in [0.05, 0.1) is 0 Å². The highest BCUT2D eigenvalue weighted by Crippen LogP contribution is 2.23. The van der Waals surface area contributed by atoms with Crippen LogP contribution in [0.15, 0.2) is 24.3 Å². The molecule has 21 heavy (non-hydrogen) atoms. The van der Waals surface area contributed by atoms with Crippen molar-refractivity contribution in [2.75, 3.05) is 0 Å². The van der Waals surface area contributed by atoms with E-state index in [1.165, 1.54) is 4.90 Å². The van der Waals surface area contributed by atoms with Crippen LogP contribution in [0.5, 0.6) is 0 Å². The lowest BCUT2D eigenvalue weighted by Gasteiger charge is -2.35. The summed E-state index contributed by atoms with van der Waals surface area (Å²) >= 11 is 0. The topological polar surface area (TPSA) is 69.6 Å². The predicted octanol–water partition coefficient (Wildman–Crippen LogP) is 2.25. The third-order valence-electron chi connectivity index (χ3n) is 4.15. The average molecular weight is 290 g/mol. The molecule has 5 heteroatoms. The van der Waals surface area contributed by atoms with Crippen LogP contribution in [0, 0.1) is 5.92 Å². The molecule has 1 aromatic rings. The van der Waals surface area contributed by atoms with Gasteiger partial charge in [0, 0.05) is 19.0 Å². The Morgan fingerprint density at radius 1 is 1.24 bits per heavy atom. The van der Waals surface area contributed by atoms with Crippen LogP contribution in [0.3, 0.4) is 0 Å². The smallest absolute Gasteiger partial charge is 0.326 e. The minimum Gasteiger partial charge on any atom is -0.480 e. The largest absolute Gasteiger partial charge is 0.480 e. The summed E-state index contributed by atoms with van der Waals surface area (Å²) in [4.78, 5) is 25.3. The van der Waals surface area contributed by atoms with E-state index in [0.717, 1.165) is 11.1 Å². The summed E-state index contributed by atoms with van der Waals surface area (Å²) in [5.41, 5.74) is 2.02. The maximum atomic E-state index is 12.4. The van der Waals surface area contributed by atoms with E-state index in [0.29, 0.717) is 18.9 Å². The number of amides is 2. The van der Waals surface area contributed by atoms with Crippen molar-refractivity contribution in [1.29, 1.82) is 0 Å². The van der Waals surface area contributed by atoms with Crippen LogP contribution in [0.1, 0.15) is 31.9 Å². The van der Waals surface area contributed by atoms with Gasteiger partial charge < -0.3 is 15.3 Å². The highest BCUT2D eigenvalue weighted by atomic mass is 16.4. The molecule has 2 N–H and O–H groups in total. The summed E-state index contributed by atoms with van der Waals surface area (Å²) in [6.07, 6.45) is 0.356. The first-order chi connectivity index (χ1) is 9.90. The van der Waals surface area contributed by atoms with Crippen molar-refractivity contribution in [2.24, 2.45) is 5.92 Å². The third kappa shape index (κ3) is 3.35. The summed E-state index contributed by atoms with van der Waals surface area (Å²) in [5, 5.41) is 12.3. The maximum absolute atomic E-state index is 12.4. The molecule has 1 heterocycles. The second-order valence-corrected chi connectivity index (χ2v) is 5.94. The van der Waals surface area contributed by atoms with E-state index in [4.69, 9.17) is 0 Å². The molecule has 0 aromatic heterocycles. The van der Waals surface area contributed by atoms with Gasteiger partial charge in [-0.25, -0.2) is 9.59 Å². The van der Waals surface area contributed by atoms with E-state index in [9.17, 15) is 14.7 Å². The first-order valence-corrected chi connectivity index (χ1v) is 7.27. The van der Waals surface area contributed by atoms with Gasteiger partial charge in [0.15, 0.2) is 0 Å². The molecule has 0 aliphatic carbocycles. The van der Waals surface area contributed by atoms with Crippen molar-refractivity contribution in [3.63, 3.8) is 0 Å². The Balaban J connectivity index is 2.20. The van der Waals surface area contributed by atoms with Crippen molar-refractivity contribution < 1.29 is 14.7 Å². The summed E-state index contributed by atoms with van der Waals surface area (Å²) in [5.74, 6) is -0.661. The van der Waals surface area contributed by atoms with Gasteiger partial charge >= 0.3 is 12.0 Å². The highest BCUT2D eigenvalue weighted by Gasteiger charge is 2.34. The Morgan fingerprint density at radius 3 is 2.43 bits per heavy atom. The van der Waals surface area contributed by atoms with E-state index < -0.39 is 12.0 Å². The van der Waals surface area contributed by atoms with Crippen molar-refractivity contribution >= 4 is 12.0 Å². The van der Waals surface area contributed by atoms with Crippen LogP contribution in [0.25, 0.3) is 0 Å². The van der Waals surface area contributed by atoms with Gasteiger partial charge in [-0.05, 0) is 24.0 Å². The first-order valence-electron chi connectivity index (χ1n) is 7.27. The van der Waals surface area contributed by atoms with Crippen molar-refractivity contribution in [2.45, 2.75) is 45.8 Å². The SMILES string of the molecule is CC(C)C(C)NC(=O)N1Cc2ccccc2CC1C(=O)O. The van der Waals surface area contributed by atoms with Gasteiger partial charge in [0.25, 0.3) is 0 Å². The minimum absolute atomic E-state index is 0.00381. The highest BCUT2D eigenvalue weighted by molar-refractivity contribution is 5.83. The van der Waals surface area contributed by atoms with Crippen LogP contribution in [-0.4, -0.2) is 34.1 Å². The zero-order valence-corrected chi connectivity index (χ0v) is 12.7. The summed E-state index contributed by atoms with van der Waals surface area (Å²) in [7, 11) is 0. The number of carboxylic acid groups (broad SMARTS) is 1. The number of hydrogen-bond donors (Lipinski definition) is 2. The molecular weight excluding hydrogens is 268 g/mol. The van der Waals surface area contributed by atoms with Crippen molar-refractivity contribution in [3.8, 4) is 0 Å². The van der Waals surface area contributed by atoms with Crippen LogP contribution in [-0.2, 0) is 17.8 Å². The third-order valence-corrected chi connectivity index (χ3v) is 4.15. The molecule has 0 spiro atoms. The molecule has 0 saturated heterocycles. The zero-order chi connectivity index (χ0) is 15.6. The molecule has 1 aliphatic heterocycles. The monoisotopic (exact) mass is 290 g/mol. The number of nitrogens with one attached hydrogen (secondary N) is 1. The first kappa shape index (κ1) is 15.4. The Labute approximate surface area is 125 Å². The van der Waals surface area contributed by atoms with Gasteiger partial charge in [-0.2, -0.15) is 0 Å².